The Morgan fingerprint density at radius 1 is 1.33 bits per heavy atom. The monoisotopic (exact) mass is 330 g/mol. The van der Waals surface area contributed by atoms with Gasteiger partial charge < -0.3 is 5.11 Å². The predicted octanol–water partition coefficient (Wildman–Crippen LogP) is 2.37. The van der Waals surface area contributed by atoms with Gasteiger partial charge in [0.05, 0.1) is 10.6 Å². The van der Waals surface area contributed by atoms with Gasteiger partial charge >= 0.3 is 5.97 Å². The fourth-order valence-corrected chi connectivity index (χ4v) is 2.83. The third-order valence-electron chi connectivity index (χ3n) is 2.45. The molecule has 0 aliphatic rings. The van der Waals surface area contributed by atoms with Crippen LogP contribution in [0.15, 0.2) is 41.4 Å². The molecule has 0 amide bonds. The third kappa shape index (κ3) is 3.29. The maximum Gasteiger partial charge on any atom is 0.335 e. The number of hydrogen-bond acceptors (Lipinski definition) is 4. The molecule has 0 radical (unpaired) electrons. The Bertz CT molecular complexity index is 811. The second-order valence-electron chi connectivity index (χ2n) is 3.89. The molecule has 1 aromatic carbocycles. The molecule has 0 saturated heterocycles. The van der Waals surface area contributed by atoms with Crippen molar-refractivity contribution in [3.05, 3.63) is 52.9 Å². The molecule has 9 heteroatoms. The van der Waals surface area contributed by atoms with Crippen LogP contribution >= 0.6 is 11.6 Å². The van der Waals surface area contributed by atoms with Gasteiger partial charge in [0.25, 0.3) is 10.0 Å². The number of nitrogens with zero attached hydrogens (tertiary/aromatic N) is 1. The number of carboxylic acids is 1. The smallest absolute Gasteiger partial charge is 0.335 e. The lowest BCUT2D eigenvalue weighted by Crippen LogP contribution is -2.16. The van der Waals surface area contributed by atoms with Gasteiger partial charge in [-0.1, -0.05) is 17.7 Å². The number of pyridine rings is 1. The summed E-state index contributed by atoms with van der Waals surface area (Å²) >= 11 is 5.53. The van der Waals surface area contributed by atoms with Crippen LogP contribution in [0.1, 0.15) is 10.4 Å². The number of halogens is 2. The minimum absolute atomic E-state index is 0.158. The van der Waals surface area contributed by atoms with Gasteiger partial charge in [0.1, 0.15) is 10.7 Å². The van der Waals surface area contributed by atoms with Crippen LogP contribution in [-0.4, -0.2) is 24.5 Å². The van der Waals surface area contributed by atoms with Crippen molar-refractivity contribution in [2.24, 2.45) is 0 Å². The lowest BCUT2D eigenvalue weighted by Gasteiger charge is -2.09. The Hall–Kier alpha value is -2.19. The van der Waals surface area contributed by atoms with Gasteiger partial charge in [-0.25, -0.2) is 22.6 Å². The van der Waals surface area contributed by atoms with Crippen molar-refractivity contribution in [2.45, 2.75) is 4.90 Å². The van der Waals surface area contributed by atoms with E-state index in [1.807, 2.05) is 4.72 Å². The Balaban J connectivity index is 2.40. The molecule has 0 bridgehead atoms. The van der Waals surface area contributed by atoms with Crippen molar-refractivity contribution in [3.63, 3.8) is 0 Å². The number of benzene rings is 1. The fraction of sp³-hybridized carbons (Fsp3) is 0. The first-order chi connectivity index (χ1) is 9.81. The number of sulfonamides is 1. The molecule has 0 spiro atoms. The van der Waals surface area contributed by atoms with Crippen LogP contribution in [0.3, 0.4) is 0 Å². The van der Waals surface area contributed by atoms with Crippen LogP contribution in [0, 0.1) is 5.82 Å². The molecule has 1 aromatic heterocycles. The Labute approximate surface area is 124 Å². The number of nitrogens with one attached hydrogen (secondary N) is 1. The summed E-state index contributed by atoms with van der Waals surface area (Å²) in [6.45, 7) is 0. The maximum atomic E-state index is 13.7. The summed E-state index contributed by atoms with van der Waals surface area (Å²) in [4.78, 5) is 13.8. The number of hydrogen-bond donors (Lipinski definition) is 2. The van der Waals surface area contributed by atoms with Crippen molar-refractivity contribution in [2.75, 3.05) is 4.72 Å². The molecule has 1 heterocycles. The first kappa shape index (κ1) is 15.2. The molecule has 0 aliphatic heterocycles. The van der Waals surface area contributed by atoms with Crippen LogP contribution in [0.4, 0.5) is 10.2 Å². The number of anilines is 1. The Morgan fingerprint density at radius 2 is 2.05 bits per heavy atom. The molecular formula is C12H8ClFN2O4S. The van der Waals surface area contributed by atoms with E-state index in [1.54, 1.807) is 0 Å². The lowest BCUT2D eigenvalue weighted by atomic mass is 10.3. The van der Waals surface area contributed by atoms with Gasteiger partial charge in [-0.3, -0.25) is 4.72 Å². The van der Waals surface area contributed by atoms with E-state index in [0.717, 1.165) is 18.3 Å². The molecule has 21 heavy (non-hydrogen) atoms. The average molecular weight is 331 g/mol. The molecule has 0 fully saturated rings. The SMILES string of the molecule is O=C(O)c1ccnc(NS(=O)(=O)c2cccc(Cl)c2F)c1. The van der Waals surface area contributed by atoms with Gasteiger partial charge in [0.15, 0.2) is 5.82 Å². The standard InChI is InChI=1S/C12H8ClFN2O4S/c13-8-2-1-3-9(11(8)14)21(19,20)16-10-6-7(12(17)18)4-5-15-10/h1-6H,(H,15,16)(H,17,18). The third-order valence-corrected chi connectivity index (χ3v) is 4.12. The van der Waals surface area contributed by atoms with E-state index in [1.165, 1.54) is 18.2 Å². The van der Waals surface area contributed by atoms with Gasteiger partial charge in [0, 0.05) is 6.20 Å². The zero-order valence-electron chi connectivity index (χ0n) is 10.2. The largest absolute Gasteiger partial charge is 0.478 e. The van der Waals surface area contributed by atoms with E-state index in [9.17, 15) is 17.6 Å². The van der Waals surface area contributed by atoms with Crippen LogP contribution < -0.4 is 4.72 Å². The van der Waals surface area contributed by atoms with E-state index in [0.29, 0.717) is 0 Å². The van der Waals surface area contributed by atoms with Crippen molar-refractivity contribution in [1.29, 1.82) is 0 Å². The lowest BCUT2D eigenvalue weighted by molar-refractivity contribution is 0.0697. The summed E-state index contributed by atoms with van der Waals surface area (Å²) in [6, 6.07) is 5.73. The van der Waals surface area contributed by atoms with Gasteiger partial charge in [0.2, 0.25) is 0 Å². The van der Waals surface area contributed by atoms with E-state index in [4.69, 9.17) is 16.7 Å². The Kier molecular flexibility index (Phi) is 4.10. The maximum absolute atomic E-state index is 13.7. The molecule has 0 unspecified atom stereocenters. The summed E-state index contributed by atoms with van der Waals surface area (Å²) in [5.41, 5.74) is -0.158. The first-order valence-corrected chi connectivity index (χ1v) is 7.33. The second kappa shape index (κ2) is 5.66. The molecule has 6 nitrogen and oxygen atoms in total. The molecular weight excluding hydrogens is 323 g/mol. The highest BCUT2D eigenvalue weighted by atomic mass is 35.5. The van der Waals surface area contributed by atoms with Crippen LogP contribution in [0.5, 0.6) is 0 Å². The molecule has 0 atom stereocenters. The number of aromatic nitrogens is 1. The van der Waals surface area contributed by atoms with Crippen molar-refractivity contribution >= 4 is 33.4 Å². The Morgan fingerprint density at radius 3 is 2.71 bits per heavy atom. The van der Waals surface area contributed by atoms with Crippen LogP contribution in [0.2, 0.25) is 5.02 Å². The van der Waals surface area contributed by atoms with Crippen molar-refractivity contribution in [3.8, 4) is 0 Å². The minimum atomic E-state index is -4.27. The predicted molar refractivity (Wildman–Crippen MR) is 73.4 cm³/mol. The normalized spacial score (nSPS) is 11.1. The molecule has 2 N–H and O–H groups in total. The highest BCUT2D eigenvalue weighted by Gasteiger charge is 2.21. The zero-order valence-corrected chi connectivity index (χ0v) is 11.8. The molecule has 110 valence electrons. The van der Waals surface area contributed by atoms with E-state index < -0.39 is 26.7 Å². The number of carboxylic acid groups (broad SMARTS) is 1. The summed E-state index contributed by atoms with van der Waals surface area (Å²) in [5.74, 6) is -2.58. The summed E-state index contributed by atoms with van der Waals surface area (Å²) < 4.78 is 39.9. The molecule has 0 aliphatic carbocycles. The fourth-order valence-electron chi connectivity index (χ4n) is 1.50. The van der Waals surface area contributed by atoms with Crippen LogP contribution in [0.25, 0.3) is 0 Å². The van der Waals surface area contributed by atoms with E-state index in [-0.39, 0.29) is 16.4 Å². The van der Waals surface area contributed by atoms with Crippen molar-refractivity contribution < 1.29 is 22.7 Å². The minimum Gasteiger partial charge on any atom is -0.478 e. The van der Waals surface area contributed by atoms with Gasteiger partial charge in [-0.15, -0.1) is 0 Å². The highest BCUT2D eigenvalue weighted by Crippen LogP contribution is 2.23. The number of carbonyl (C=O) groups is 1. The first-order valence-electron chi connectivity index (χ1n) is 5.47. The summed E-state index contributed by atoms with van der Waals surface area (Å²) in [6.07, 6.45) is 1.12. The van der Waals surface area contributed by atoms with Crippen molar-refractivity contribution in [1.82, 2.24) is 4.98 Å². The summed E-state index contributed by atoms with van der Waals surface area (Å²) in [7, 11) is -4.27. The zero-order chi connectivity index (χ0) is 15.6. The van der Waals surface area contributed by atoms with Gasteiger partial charge in [-0.2, -0.15) is 0 Å². The topological polar surface area (TPSA) is 96.4 Å². The quantitative estimate of drug-likeness (QED) is 0.897. The molecule has 2 aromatic rings. The van der Waals surface area contributed by atoms with E-state index >= 15 is 0 Å². The summed E-state index contributed by atoms with van der Waals surface area (Å²) in [5, 5.41) is 8.48. The average Bonchev–Trinajstić information content (AvgIpc) is 2.41. The van der Waals surface area contributed by atoms with E-state index in [2.05, 4.69) is 4.98 Å². The molecule has 2 rings (SSSR count). The molecule has 0 saturated carbocycles. The number of aromatic carboxylic acids is 1. The van der Waals surface area contributed by atoms with Gasteiger partial charge in [-0.05, 0) is 24.3 Å². The second-order valence-corrected chi connectivity index (χ2v) is 5.95. The number of rotatable bonds is 4. The van der Waals surface area contributed by atoms with Crippen LogP contribution in [-0.2, 0) is 10.0 Å². The highest BCUT2D eigenvalue weighted by molar-refractivity contribution is 7.92.